The molecule has 0 saturated heterocycles. The minimum Gasteiger partial charge on any atom is -0.496 e. The van der Waals surface area contributed by atoms with Crippen molar-refractivity contribution in [3.63, 3.8) is 0 Å². The molecule has 0 aliphatic carbocycles. The van der Waals surface area contributed by atoms with Crippen molar-refractivity contribution in [2.24, 2.45) is 0 Å². The SMILES string of the molecule is CCNC(=O)c1cc(S(=O)(=O)NCC2COc3ccccc3O2)ccc1OC. The summed E-state index contributed by atoms with van der Waals surface area (Å²) >= 11 is 0. The monoisotopic (exact) mass is 406 g/mol. The van der Waals surface area contributed by atoms with E-state index >= 15 is 0 Å². The first-order valence-electron chi connectivity index (χ1n) is 8.79. The van der Waals surface area contributed by atoms with E-state index in [2.05, 4.69) is 10.0 Å². The molecule has 0 radical (unpaired) electrons. The van der Waals surface area contributed by atoms with E-state index in [1.54, 1.807) is 19.1 Å². The average molecular weight is 406 g/mol. The molecular weight excluding hydrogens is 384 g/mol. The summed E-state index contributed by atoms with van der Waals surface area (Å²) in [6.45, 7) is 2.44. The summed E-state index contributed by atoms with van der Waals surface area (Å²) in [7, 11) is -2.43. The zero-order valence-electron chi connectivity index (χ0n) is 15.6. The Morgan fingerprint density at radius 2 is 1.96 bits per heavy atom. The molecule has 1 amide bonds. The van der Waals surface area contributed by atoms with Crippen LogP contribution in [0.3, 0.4) is 0 Å². The molecule has 1 aliphatic heterocycles. The average Bonchev–Trinajstić information content (AvgIpc) is 2.71. The highest BCUT2D eigenvalue weighted by Crippen LogP contribution is 2.30. The number of fused-ring (bicyclic) bond motifs is 1. The normalized spacial score (nSPS) is 15.7. The van der Waals surface area contributed by atoms with Gasteiger partial charge < -0.3 is 19.5 Å². The van der Waals surface area contributed by atoms with Crippen LogP contribution in [0, 0.1) is 0 Å². The Balaban J connectivity index is 1.73. The van der Waals surface area contributed by atoms with Gasteiger partial charge in [-0.3, -0.25) is 4.79 Å². The molecular formula is C19H22N2O6S. The Hall–Kier alpha value is -2.78. The molecule has 0 aromatic heterocycles. The van der Waals surface area contributed by atoms with E-state index in [4.69, 9.17) is 14.2 Å². The Morgan fingerprint density at radius 3 is 2.68 bits per heavy atom. The van der Waals surface area contributed by atoms with E-state index in [-0.39, 0.29) is 23.6 Å². The lowest BCUT2D eigenvalue weighted by Gasteiger charge is -2.26. The largest absolute Gasteiger partial charge is 0.496 e. The minimum absolute atomic E-state index is 0.0270. The lowest BCUT2D eigenvalue weighted by molar-refractivity contribution is 0.0942. The van der Waals surface area contributed by atoms with Crippen LogP contribution in [0.2, 0.25) is 0 Å². The van der Waals surface area contributed by atoms with Crippen molar-refractivity contribution >= 4 is 15.9 Å². The third-order valence-corrected chi connectivity index (χ3v) is 5.55. The molecule has 1 unspecified atom stereocenters. The number of para-hydroxylation sites is 2. The summed E-state index contributed by atoms with van der Waals surface area (Å²) in [6, 6.07) is 11.3. The van der Waals surface area contributed by atoms with Gasteiger partial charge in [0.25, 0.3) is 5.91 Å². The highest BCUT2D eigenvalue weighted by Gasteiger charge is 2.24. The van der Waals surface area contributed by atoms with Crippen molar-refractivity contribution in [1.29, 1.82) is 0 Å². The van der Waals surface area contributed by atoms with Gasteiger partial charge in [0.15, 0.2) is 11.5 Å². The van der Waals surface area contributed by atoms with Gasteiger partial charge in [0.2, 0.25) is 10.0 Å². The molecule has 1 atom stereocenters. The van der Waals surface area contributed by atoms with Crippen LogP contribution in [0.1, 0.15) is 17.3 Å². The highest BCUT2D eigenvalue weighted by molar-refractivity contribution is 7.89. The fraction of sp³-hybridized carbons (Fsp3) is 0.316. The molecule has 2 aromatic rings. The van der Waals surface area contributed by atoms with Crippen molar-refractivity contribution in [2.45, 2.75) is 17.9 Å². The van der Waals surface area contributed by atoms with Crippen LogP contribution in [-0.4, -0.2) is 47.2 Å². The molecule has 3 rings (SSSR count). The number of hydrogen-bond donors (Lipinski definition) is 2. The van der Waals surface area contributed by atoms with Gasteiger partial charge in [0.05, 0.1) is 24.1 Å². The summed E-state index contributed by atoms with van der Waals surface area (Å²) in [4.78, 5) is 12.1. The van der Waals surface area contributed by atoms with Crippen LogP contribution in [0.15, 0.2) is 47.4 Å². The second-order valence-electron chi connectivity index (χ2n) is 6.07. The maximum Gasteiger partial charge on any atom is 0.255 e. The van der Waals surface area contributed by atoms with Crippen LogP contribution in [-0.2, 0) is 10.0 Å². The molecule has 2 aromatic carbocycles. The summed E-state index contributed by atoms with van der Waals surface area (Å²) in [5, 5.41) is 2.64. The number of benzene rings is 2. The molecule has 2 N–H and O–H groups in total. The maximum absolute atomic E-state index is 12.7. The zero-order valence-corrected chi connectivity index (χ0v) is 16.4. The molecule has 0 fully saturated rings. The van der Waals surface area contributed by atoms with Crippen LogP contribution < -0.4 is 24.2 Å². The predicted molar refractivity (Wildman–Crippen MR) is 103 cm³/mol. The fourth-order valence-electron chi connectivity index (χ4n) is 2.74. The number of ether oxygens (including phenoxy) is 3. The second kappa shape index (κ2) is 8.49. The molecule has 150 valence electrons. The first-order chi connectivity index (χ1) is 13.4. The van der Waals surface area contributed by atoms with Gasteiger partial charge >= 0.3 is 0 Å². The number of methoxy groups -OCH3 is 1. The highest BCUT2D eigenvalue weighted by atomic mass is 32.2. The molecule has 0 saturated carbocycles. The first kappa shape index (κ1) is 20.0. The van der Waals surface area contributed by atoms with E-state index in [1.165, 1.54) is 25.3 Å². The van der Waals surface area contributed by atoms with Crippen LogP contribution in [0.5, 0.6) is 17.2 Å². The third kappa shape index (κ3) is 4.37. The topological polar surface area (TPSA) is 103 Å². The Labute approximate surface area is 163 Å². The van der Waals surface area contributed by atoms with Gasteiger partial charge in [-0.1, -0.05) is 12.1 Å². The quantitative estimate of drug-likeness (QED) is 0.723. The number of carbonyl (C=O) groups excluding carboxylic acids is 1. The second-order valence-corrected chi connectivity index (χ2v) is 7.84. The first-order valence-corrected chi connectivity index (χ1v) is 10.3. The van der Waals surface area contributed by atoms with Gasteiger partial charge in [-0.15, -0.1) is 0 Å². The number of nitrogens with one attached hydrogen (secondary N) is 2. The van der Waals surface area contributed by atoms with Crippen molar-refractivity contribution < 1.29 is 27.4 Å². The van der Waals surface area contributed by atoms with E-state index in [0.717, 1.165) is 0 Å². The summed E-state index contributed by atoms with van der Waals surface area (Å²) in [5.74, 6) is 1.09. The predicted octanol–water partition coefficient (Wildman–Crippen LogP) is 1.56. The smallest absolute Gasteiger partial charge is 0.255 e. The van der Waals surface area contributed by atoms with Gasteiger partial charge in [0, 0.05) is 6.54 Å². The molecule has 1 heterocycles. The number of amides is 1. The summed E-state index contributed by atoms with van der Waals surface area (Å²) in [6.07, 6.45) is -0.467. The van der Waals surface area contributed by atoms with E-state index < -0.39 is 22.0 Å². The molecule has 8 nitrogen and oxygen atoms in total. The van der Waals surface area contributed by atoms with Gasteiger partial charge in [-0.2, -0.15) is 0 Å². The van der Waals surface area contributed by atoms with Gasteiger partial charge in [0.1, 0.15) is 18.5 Å². The lowest BCUT2D eigenvalue weighted by atomic mass is 10.2. The van der Waals surface area contributed by atoms with Crippen LogP contribution in [0.4, 0.5) is 0 Å². The standard InChI is InChI=1S/C19H22N2O6S/c1-3-20-19(22)15-10-14(8-9-16(15)25-2)28(23,24)21-11-13-12-26-17-6-4-5-7-18(17)27-13/h4-10,13,21H,3,11-12H2,1-2H3,(H,20,22). The molecule has 28 heavy (non-hydrogen) atoms. The van der Waals surface area contributed by atoms with Crippen molar-refractivity contribution in [3.8, 4) is 17.2 Å². The summed E-state index contributed by atoms with van der Waals surface area (Å²) < 4.78 is 44.4. The van der Waals surface area contributed by atoms with E-state index in [1.807, 2.05) is 12.1 Å². The maximum atomic E-state index is 12.7. The number of sulfonamides is 1. The molecule has 0 spiro atoms. The molecule has 9 heteroatoms. The van der Waals surface area contributed by atoms with Gasteiger partial charge in [-0.05, 0) is 37.3 Å². The molecule has 0 bridgehead atoms. The van der Waals surface area contributed by atoms with Crippen molar-refractivity contribution in [3.05, 3.63) is 48.0 Å². The number of hydrogen-bond acceptors (Lipinski definition) is 6. The minimum atomic E-state index is -3.85. The Kier molecular flexibility index (Phi) is 6.05. The zero-order chi connectivity index (χ0) is 20.1. The number of rotatable bonds is 7. The lowest BCUT2D eigenvalue weighted by Crippen LogP contribution is -2.40. The van der Waals surface area contributed by atoms with E-state index in [9.17, 15) is 13.2 Å². The Bertz CT molecular complexity index is 961. The van der Waals surface area contributed by atoms with Gasteiger partial charge in [-0.25, -0.2) is 13.1 Å². The van der Waals surface area contributed by atoms with Crippen molar-refractivity contribution in [2.75, 3.05) is 26.8 Å². The van der Waals surface area contributed by atoms with Crippen LogP contribution in [0.25, 0.3) is 0 Å². The third-order valence-electron chi connectivity index (χ3n) is 4.13. The molecule has 1 aliphatic rings. The Morgan fingerprint density at radius 1 is 1.21 bits per heavy atom. The van der Waals surface area contributed by atoms with E-state index in [0.29, 0.717) is 23.8 Å². The summed E-state index contributed by atoms with van der Waals surface area (Å²) in [5.41, 5.74) is 0.151. The van der Waals surface area contributed by atoms with Crippen LogP contribution >= 0.6 is 0 Å². The fourth-order valence-corrected chi connectivity index (χ4v) is 3.83. The number of carbonyl (C=O) groups is 1. The van der Waals surface area contributed by atoms with Crippen molar-refractivity contribution in [1.82, 2.24) is 10.0 Å².